The molecular weight excluding hydrogens is 238 g/mol. The highest BCUT2D eigenvalue weighted by atomic mass is 16.4. The molecule has 1 aliphatic rings. The van der Waals surface area contributed by atoms with Crippen LogP contribution in [0.1, 0.15) is 16.8 Å². The van der Waals surface area contributed by atoms with Crippen LogP contribution in [-0.4, -0.2) is 50.6 Å². The van der Waals surface area contributed by atoms with Gasteiger partial charge < -0.3 is 20.8 Å². The van der Waals surface area contributed by atoms with Gasteiger partial charge in [-0.3, -0.25) is 14.6 Å². The van der Waals surface area contributed by atoms with Gasteiger partial charge in [0, 0.05) is 19.3 Å². The third kappa shape index (κ3) is 2.12. The molecule has 1 atom stereocenters. The highest BCUT2D eigenvalue weighted by Crippen LogP contribution is 2.21. The first-order chi connectivity index (χ1) is 8.42. The lowest BCUT2D eigenvalue weighted by Gasteiger charge is -2.20. The third-order valence-electron chi connectivity index (χ3n) is 2.98. The van der Waals surface area contributed by atoms with Crippen molar-refractivity contribution in [1.82, 2.24) is 9.88 Å². The molecule has 0 aromatic carbocycles. The SMILES string of the molecule is NC1(C(=O)O)CCN(C(=O)c2cncc(O)c2)C1. The number of pyridine rings is 1. The maximum absolute atomic E-state index is 12.0. The van der Waals surface area contributed by atoms with Crippen molar-refractivity contribution in [2.45, 2.75) is 12.0 Å². The Bertz CT molecular complexity index is 505. The lowest BCUT2D eigenvalue weighted by atomic mass is 10.0. The van der Waals surface area contributed by atoms with Gasteiger partial charge in [0.1, 0.15) is 11.3 Å². The first-order valence-corrected chi connectivity index (χ1v) is 5.38. The van der Waals surface area contributed by atoms with Crippen molar-refractivity contribution in [3.63, 3.8) is 0 Å². The maximum Gasteiger partial charge on any atom is 0.325 e. The Morgan fingerprint density at radius 1 is 1.44 bits per heavy atom. The van der Waals surface area contributed by atoms with Crippen LogP contribution in [0.3, 0.4) is 0 Å². The van der Waals surface area contributed by atoms with Crippen LogP contribution in [0, 0.1) is 0 Å². The first-order valence-electron chi connectivity index (χ1n) is 5.38. The van der Waals surface area contributed by atoms with Gasteiger partial charge in [-0.05, 0) is 12.5 Å². The average molecular weight is 251 g/mol. The molecule has 1 aliphatic heterocycles. The topological polar surface area (TPSA) is 117 Å². The number of carbonyl (C=O) groups is 2. The molecule has 1 amide bonds. The Hall–Kier alpha value is -2.15. The Balaban J connectivity index is 2.15. The number of nitrogens with zero attached hydrogens (tertiary/aromatic N) is 2. The van der Waals surface area contributed by atoms with Crippen molar-refractivity contribution in [2.24, 2.45) is 5.73 Å². The summed E-state index contributed by atoms with van der Waals surface area (Å²) >= 11 is 0. The van der Waals surface area contributed by atoms with E-state index in [0.29, 0.717) is 0 Å². The Labute approximate surface area is 103 Å². The summed E-state index contributed by atoms with van der Waals surface area (Å²) in [6.07, 6.45) is 2.74. The second-order valence-electron chi connectivity index (χ2n) is 4.37. The molecule has 18 heavy (non-hydrogen) atoms. The van der Waals surface area contributed by atoms with Gasteiger partial charge in [0.05, 0.1) is 11.8 Å². The van der Waals surface area contributed by atoms with Gasteiger partial charge in [-0.15, -0.1) is 0 Å². The smallest absolute Gasteiger partial charge is 0.325 e. The van der Waals surface area contributed by atoms with Crippen LogP contribution in [0.15, 0.2) is 18.5 Å². The predicted octanol–water partition coefficient (Wildman–Crippen LogP) is -0.585. The summed E-state index contributed by atoms with van der Waals surface area (Å²) in [6.45, 7) is 0.230. The molecule has 0 radical (unpaired) electrons. The fraction of sp³-hybridized carbons (Fsp3) is 0.364. The van der Waals surface area contributed by atoms with Gasteiger partial charge in [-0.1, -0.05) is 0 Å². The molecule has 7 nitrogen and oxygen atoms in total. The summed E-state index contributed by atoms with van der Waals surface area (Å²) in [6, 6.07) is 1.28. The van der Waals surface area contributed by atoms with Gasteiger partial charge >= 0.3 is 5.97 Å². The molecule has 1 unspecified atom stereocenters. The predicted molar refractivity (Wildman–Crippen MR) is 61.0 cm³/mol. The van der Waals surface area contributed by atoms with E-state index in [1.54, 1.807) is 0 Å². The summed E-state index contributed by atoms with van der Waals surface area (Å²) in [5, 5.41) is 18.2. The number of hydrogen-bond donors (Lipinski definition) is 3. The van der Waals surface area contributed by atoms with E-state index >= 15 is 0 Å². The maximum atomic E-state index is 12.0. The van der Waals surface area contributed by atoms with E-state index in [9.17, 15) is 14.7 Å². The van der Waals surface area contributed by atoms with Gasteiger partial charge in [0.25, 0.3) is 5.91 Å². The minimum atomic E-state index is -1.39. The largest absolute Gasteiger partial charge is 0.506 e. The van der Waals surface area contributed by atoms with Crippen molar-refractivity contribution in [1.29, 1.82) is 0 Å². The van der Waals surface area contributed by atoms with Crippen molar-refractivity contribution in [3.05, 3.63) is 24.0 Å². The van der Waals surface area contributed by atoms with E-state index < -0.39 is 11.5 Å². The van der Waals surface area contributed by atoms with Gasteiger partial charge in [-0.25, -0.2) is 0 Å². The molecule has 7 heteroatoms. The number of likely N-dealkylation sites (tertiary alicyclic amines) is 1. The van der Waals surface area contributed by atoms with Crippen LogP contribution in [0.2, 0.25) is 0 Å². The van der Waals surface area contributed by atoms with E-state index in [2.05, 4.69) is 4.98 Å². The van der Waals surface area contributed by atoms with Crippen LogP contribution >= 0.6 is 0 Å². The number of amides is 1. The summed E-state index contributed by atoms with van der Waals surface area (Å²) in [7, 11) is 0. The minimum absolute atomic E-state index is 0.0448. The lowest BCUT2D eigenvalue weighted by molar-refractivity contribution is -0.142. The standard InChI is InChI=1S/C11H13N3O4/c12-11(10(17)18)1-2-14(6-11)9(16)7-3-8(15)5-13-4-7/h3-5,15H,1-2,6,12H2,(H,17,18). The molecule has 0 aliphatic carbocycles. The van der Waals surface area contributed by atoms with Crippen molar-refractivity contribution >= 4 is 11.9 Å². The molecule has 0 saturated carbocycles. The number of aromatic hydroxyl groups is 1. The van der Waals surface area contributed by atoms with Crippen molar-refractivity contribution in [2.75, 3.05) is 13.1 Å². The number of hydrogen-bond acceptors (Lipinski definition) is 5. The normalized spacial score (nSPS) is 23.1. The average Bonchev–Trinajstić information content (AvgIpc) is 2.72. The van der Waals surface area contributed by atoms with Crippen LogP contribution in [0.5, 0.6) is 5.75 Å². The van der Waals surface area contributed by atoms with Gasteiger partial charge in [-0.2, -0.15) is 0 Å². The number of nitrogens with two attached hydrogens (primary N) is 1. The molecule has 2 rings (SSSR count). The molecule has 96 valence electrons. The van der Waals surface area contributed by atoms with E-state index in [1.807, 2.05) is 0 Å². The van der Waals surface area contributed by atoms with Crippen LogP contribution in [0.4, 0.5) is 0 Å². The summed E-state index contributed by atoms with van der Waals surface area (Å²) in [5.41, 5.74) is 4.50. The van der Waals surface area contributed by atoms with Crippen LogP contribution in [-0.2, 0) is 4.79 Å². The van der Waals surface area contributed by atoms with E-state index in [1.165, 1.54) is 23.4 Å². The fourth-order valence-electron chi connectivity index (χ4n) is 1.91. The zero-order chi connectivity index (χ0) is 13.3. The summed E-state index contributed by atoms with van der Waals surface area (Å²) in [5.74, 6) is -1.61. The molecule has 1 saturated heterocycles. The van der Waals surface area contributed by atoms with Crippen molar-refractivity contribution < 1.29 is 19.8 Å². The molecule has 0 bridgehead atoms. The van der Waals surface area contributed by atoms with E-state index in [-0.39, 0.29) is 36.7 Å². The van der Waals surface area contributed by atoms with Crippen LogP contribution < -0.4 is 5.73 Å². The van der Waals surface area contributed by atoms with E-state index in [0.717, 1.165) is 0 Å². The Morgan fingerprint density at radius 2 is 2.17 bits per heavy atom. The van der Waals surface area contributed by atoms with Gasteiger partial charge in [0.15, 0.2) is 0 Å². The first kappa shape index (κ1) is 12.3. The third-order valence-corrected chi connectivity index (χ3v) is 2.98. The summed E-state index contributed by atoms with van der Waals surface area (Å²) < 4.78 is 0. The number of aliphatic carboxylic acids is 1. The molecule has 1 aromatic heterocycles. The number of rotatable bonds is 2. The molecular formula is C11H13N3O4. The number of carboxylic acid groups (broad SMARTS) is 1. The second-order valence-corrected chi connectivity index (χ2v) is 4.37. The Kier molecular flexibility index (Phi) is 2.92. The zero-order valence-electron chi connectivity index (χ0n) is 9.54. The van der Waals surface area contributed by atoms with E-state index in [4.69, 9.17) is 10.8 Å². The minimum Gasteiger partial charge on any atom is -0.506 e. The number of carboxylic acids is 1. The molecule has 1 aromatic rings. The molecule has 2 heterocycles. The Morgan fingerprint density at radius 3 is 2.72 bits per heavy atom. The molecule has 0 spiro atoms. The second kappa shape index (κ2) is 4.26. The molecule has 1 fully saturated rings. The van der Waals surface area contributed by atoms with Gasteiger partial charge in [0.2, 0.25) is 0 Å². The monoisotopic (exact) mass is 251 g/mol. The fourth-order valence-corrected chi connectivity index (χ4v) is 1.91. The highest BCUT2D eigenvalue weighted by molar-refractivity contribution is 5.95. The molecule has 4 N–H and O–H groups in total. The quantitative estimate of drug-likeness (QED) is 0.647. The summed E-state index contributed by atoms with van der Waals surface area (Å²) in [4.78, 5) is 28.1. The number of aromatic nitrogens is 1. The van der Waals surface area contributed by atoms with Crippen molar-refractivity contribution in [3.8, 4) is 5.75 Å². The number of carbonyl (C=O) groups excluding carboxylic acids is 1. The lowest BCUT2D eigenvalue weighted by Crippen LogP contribution is -2.50. The zero-order valence-corrected chi connectivity index (χ0v) is 9.54. The van der Waals surface area contributed by atoms with Crippen LogP contribution in [0.25, 0.3) is 0 Å². The highest BCUT2D eigenvalue weighted by Gasteiger charge is 2.43.